The molecule has 1 amide bonds. The number of amides is 1. The van der Waals surface area contributed by atoms with Gasteiger partial charge in [-0.2, -0.15) is 5.26 Å². The first-order chi connectivity index (χ1) is 11.3. The van der Waals surface area contributed by atoms with Gasteiger partial charge in [-0.05, 0) is 24.8 Å². The minimum Gasteiger partial charge on any atom is -0.390 e. The van der Waals surface area contributed by atoms with E-state index < -0.39 is 0 Å². The summed E-state index contributed by atoms with van der Waals surface area (Å²) in [6, 6.07) is 12.4. The summed E-state index contributed by atoms with van der Waals surface area (Å²) in [4.78, 5) is 13.9. The summed E-state index contributed by atoms with van der Waals surface area (Å²) in [5.74, 6) is -0.175. The van der Waals surface area contributed by atoms with E-state index in [1.165, 1.54) is 5.56 Å². The van der Waals surface area contributed by atoms with E-state index in [-0.39, 0.29) is 11.5 Å². The fourth-order valence-electron chi connectivity index (χ4n) is 2.56. The highest BCUT2D eigenvalue weighted by Gasteiger charge is 2.19. The van der Waals surface area contributed by atoms with Crippen LogP contribution in [0.25, 0.3) is 0 Å². The SMILES string of the molecule is N#C/C(=C/NCCCCc1ccccc1)C(=O)N1CCNCC1. The van der Waals surface area contributed by atoms with Crippen LogP contribution in [0.3, 0.4) is 0 Å². The molecule has 1 aliphatic rings. The number of rotatable bonds is 7. The minimum absolute atomic E-state index is 0.175. The molecule has 1 saturated heterocycles. The van der Waals surface area contributed by atoms with Crippen LogP contribution in [-0.4, -0.2) is 43.5 Å². The van der Waals surface area contributed by atoms with Gasteiger partial charge in [-0.25, -0.2) is 0 Å². The first kappa shape index (κ1) is 17.0. The topological polar surface area (TPSA) is 68.2 Å². The largest absolute Gasteiger partial charge is 0.390 e. The van der Waals surface area contributed by atoms with E-state index >= 15 is 0 Å². The van der Waals surface area contributed by atoms with E-state index in [0.29, 0.717) is 13.1 Å². The molecule has 2 N–H and O–H groups in total. The molecule has 0 radical (unpaired) electrons. The smallest absolute Gasteiger partial charge is 0.266 e. The van der Waals surface area contributed by atoms with E-state index in [9.17, 15) is 4.79 Å². The standard InChI is InChI=1S/C18H24N4O/c19-14-17(18(23)22-12-10-20-11-13-22)15-21-9-5-4-8-16-6-2-1-3-7-16/h1-3,6-7,15,20-21H,4-5,8-13H2/b17-15-. The Bertz CT molecular complexity index is 556. The summed E-state index contributed by atoms with van der Waals surface area (Å²) >= 11 is 0. The molecule has 1 aromatic carbocycles. The second kappa shape index (κ2) is 9.65. The van der Waals surface area contributed by atoms with Crippen LogP contribution in [0.5, 0.6) is 0 Å². The van der Waals surface area contributed by atoms with Crippen molar-refractivity contribution in [1.82, 2.24) is 15.5 Å². The molecular weight excluding hydrogens is 288 g/mol. The van der Waals surface area contributed by atoms with Gasteiger partial charge in [0.1, 0.15) is 11.6 Å². The number of hydrogen-bond donors (Lipinski definition) is 2. The first-order valence-electron chi connectivity index (χ1n) is 8.19. The zero-order valence-electron chi connectivity index (χ0n) is 13.4. The molecule has 23 heavy (non-hydrogen) atoms. The Balaban J connectivity index is 1.68. The molecule has 0 spiro atoms. The summed E-state index contributed by atoms with van der Waals surface area (Å²) in [6.07, 6.45) is 4.70. The lowest BCUT2D eigenvalue weighted by molar-refractivity contribution is -0.127. The van der Waals surface area contributed by atoms with Gasteiger partial charge < -0.3 is 15.5 Å². The van der Waals surface area contributed by atoms with Crippen LogP contribution in [0.1, 0.15) is 18.4 Å². The van der Waals surface area contributed by atoms with Gasteiger partial charge in [0.05, 0.1) is 0 Å². The van der Waals surface area contributed by atoms with Crippen LogP contribution >= 0.6 is 0 Å². The van der Waals surface area contributed by atoms with Gasteiger partial charge >= 0.3 is 0 Å². The van der Waals surface area contributed by atoms with Gasteiger partial charge in [-0.15, -0.1) is 0 Å². The predicted molar refractivity (Wildman–Crippen MR) is 90.5 cm³/mol. The number of carbonyl (C=O) groups excluding carboxylic acids is 1. The lowest BCUT2D eigenvalue weighted by atomic mass is 10.1. The van der Waals surface area contributed by atoms with Crippen molar-refractivity contribution in [2.45, 2.75) is 19.3 Å². The van der Waals surface area contributed by atoms with Crippen LogP contribution < -0.4 is 10.6 Å². The van der Waals surface area contributed by atoms with Crippen molar-refractivity contribution < 1.29 is 4.79 Å². The van der Waals surface area contributed by atoms with E-state index in [1.807, 2.05) is 12.1 Å². The Morgan fingerprint density at radius 3 is 2.70 bits per heavy atom. The molecule has 122 valence electrons. The van der Waals surface area contributed by atoms with E-state index in [0.717, 1.165) is 38.9 Å². The van der Waals surface area contributed by atoms with Gasteiger partial charge in [0.15, 0.2) is 0 Å². The molecule has 1 aromatic rings. The number of carbonyl (C=O) groups is 1. The van der Waals surface area contributed by atoms with Crippen LogP contribution in [0, 0.1) is 11.3 Å². The van der Waals surface area contributed by atoms with Crippen molar-refractivity contribution in [2.24, 2.45) is 0 Å². The van der Waals surface area contributed by atoms with Crippen molar-refractivity contribution in [3.63, 3.8) is 0 Å². The first-order valence-corrected chi connectivity index (χ1v) is 8.19. The summed E-state index contributed by atoms with van der Waals surface area (Å²) < 4.78 is 0. The summed E-state index contributed by atoms with van der Waals surface area (Å²) in [5.41, 5.74) is 1.53. The molecule has 0 aromatic heterocycles. The van der Waals surface area contributed by atoms with Crippen molar-refractivity contribution in [2.75, 3.05) is 32.7 Å². The zero-order chi connectivity index (χ0) is 16.3. The Hall–Kier alpha value is -2.32. The maximum Gasteiger partial charge on any atom is 0.266 e. The Morgan fingerprint density at radius 1 is 1.26 bits per heavy atom. The third-order valence-corrected chi connectivity index (χ3v) is 3.88. The minimum atomic E-state index is -0.175. The van der Waals surface area contributed by atoms with Gasteiger partial charge in [0, 0.05) is 38.9 Å². The number of nitriles is 1. The third-order valence-electron chi connectivity index (χ3n) is 3.88. The van der Waals surface area contributed by atoms with Crippen LogP contribution in [0.15, 0.2) is 42.1 Å². The van der Waals surface area contributed by atoms with Crippen molar-refractivity contribution in [3.05, 3.63) is 47.7 Å². The van der Waals surface area contributed by atoms with Crippen LogP contribution in [-0.2, 0) is 11.2 Å². The molecule has 0 bridgehead atoms. The predicted octanol–water partition coefficient (Wildman–Crippen LogP) is 1.44. The average molecular weight is 312 g/mol. The quantitative estimate of drug-likeness (QED) is 0.454. The third kappa shape index (κ3) is 5.76. The molecule has 0 saturated carbocycles. The van der Waals surface area contributed by atoms with Crippen molar-refractivity contribution >= 4 is 5.91 Å². The summed E-state index contributed by atoms with van der Waals surface area (Å²) in [7, 11) is 0. The number of benzene rings is 1. The zero-order valence-corrected chi connectivity index (χ0v) is 13.4. The van der Waals surface area contributed by atoms with Gasteiger partial charge in [0.2, 0.25) is 0 Å². The Morgan fingerprint density at radius 2 is 2.00 bits per heavy atom. The molecule has 5 nitrogen and oxygen atoms in total. The highest BCUT2D eigenvalue weighted by atomic mass is 16.2. The molecule has 1 aliphatic heterocycles. The average Bonchev–Trinajstić information content (AvgIpc) is 2.62. The normalized spacial score (nSPS) is 15.1. The monoisotopic (exact) mass is 312 g/mol. The molecule has 0 unspecified atom stereocenters. The van der Waals surface area contributed by atoms with E-state index in [4.69, 9.17) is 5.26 Å². The lowest BCUT2D eigenvalue weighted by Gasteiger charge is -2.27. The molecule has 0 aliphatic carbocycles. The number of nitrogens with one attached hydrogen (secondary N) is 2. The molecule has 1 heterocycles. The van der Waals surface area contributed by atoms with E-state index in [1.54, 1.807) is 11.1 Å². The fourth-order valence-corrected chi connectivity index (χ4v) is 2.56. The van der Waals surface area contributed by atoms with Crippen LogP contribution in [0.4, 0.5) is 0 Å². The molecule has 0 atom stereocenters. The van der Waals surface area contributed by atoms with Crippen molar-refractivity contribution in [3.8, 4) is 6.07 Å². The second-order valence-corrected chi connectivity index (χ2v) is 5.61. The van der Waals surface area contributed by atoms with Crippen LogP contribution in [0.2, 0.25) is 0 Å². The fraction of sp³-hybridized carbons (Fsp3) is 0.444. The van der Waals surface area contributed by atoms with E-state index in [2.05, 4.69) is 34.9 Å². The number of piperazine rings is 1. The summed E-state index contributed by atoms with van der Waals surface area (Å²) in [5, 5.41) is 15.4. The number of unbranched alkanes of at least 4 members (excludes halogenated alkanes) is 1. The number of nitrogens with zero attached hydrogens (tertiary/aromatic N) is 2. The lowest BCUT2D eigenvalue weighted by Crippen LogP contribution is -2.46. The second-order valence-electron chi connectivity index (χ2n) is 5.61. The highest BCUT2D eigenvalue weighted by Crippen LogP contribution is 2.04. The Kier molecular flexibility index (Phi) is 7.15. The molecule has 2 rings (SSSR count). The highest BCUT2D eigenvalue weighted by molar-refractivity contribution is 5.97. The van der Waals surface area contributed by atoms with Gasteiger partial charge in [-0.3, -0.25) is 4.79 Å². The summed E-state index contributed by atoms with van der Waals surface area (Å²) in [6.45, 7) is 3.67. The number of hydrogen-bond acceptors (Lipinski definition) is 4. The van der Waals surface area contributed by atoms with Gasteiger partial charge in [0.25, 0.3) is 5.91 Å². The molecular formula is C18H24N4O. The maximum absolute atomic E-state index is 12.2. The number of aryl methyl sites for hydroxylation is 1. The van der Waals surface area contributed by atoms with Crippen molar-refractivity contribution in [1.29, 1.82) is 5.26 Å². The molecule has 1 fully saturated rings. The van der Waals surface area contributed by atoms with Gasteiger partial charge in [-0.1, -0.05) is 30.3 Å². The Labute approximate surface area is 138 Å². The molecule has 5 heteroatoms. The maximum atomic E-state index is 12.2.